The summed E-state index contributed by atoms with van der Waals surface area (Å²) in [5, 5.41) is 19.9. The van der Waals surface area contributed by atoms with Crippen molar-refractivity contribution in [1.29, 1.82) is 0 Å². The maximum atomic E-state index is 10.3. The maximum Gasteiger partial charge on any atom is 0.320 e. The zero-order chi connectivity index (χ0) is 8.85. The van der Waals surface area contributed by atoms with Crippen molar-refractivity contribution in [3.63, 3.8) is 0 Å². The average Bonchev–Trinajstić information content (AvgIpc) is 1.99. The molecule has 0 unspecified atom stereocenters. The first-order valence-corrected chi connectivity index (χ1v) is 3.71. The monoisotopic (exact) mass is 161 g/mol. The van der Waals surface area contributed by atoms with Crippen molar-refractivity contribution in [3.8, 4) is 0 Å². The van der Waals surface area contributed by atoms with Crippen LogP contribution in [-0.2, 0) is 4.79 Å². The number of carbonyl (C=O) groups is 1. The second kappa shape index (κ2) is 5.09. The van der Waals surface area contributed by atoms with Crippen LogP contribution in [0.4, 0.5) is 0 Å². The van der Waals surface area contributed by atoms with Crippen LogP contribution in [0.15, 0.2) is 0 Å². The van der Waals surface area contributed by atoms with Gasteiger partial charge in [0.1, 0.15) is 6.04 Å². The lowest BCUT2D eigenvalue weighted by Crippen LogP contribution is -2.42. The van der Waals surface area contributed by atoms with Crippen LogP contribution in [0.25, 0.3) is 0 Å². The van der Waals surface area contributed by atoms with Crippen LogP contribution < -0.4 is 5.32 Å². The zero-order valence-electron chi connectivity index (χ0n) is 6.87. The molecule has 66 valence electrons. The molecule has 0 saturated heterocycles. The van der Waals surface area contributed by atoms with Crippen molar-refractivity contribution >= 4 is 5.97 Å². The molecule has 4 heteroatoms. The molecule has 4 nitrogen and oxygen atoms in total. The van der Waals surface area contributed by atoms with Crippen LogP contribution in [0.2, 0.25) is 0 Å². The summed E-state index contributed by atoms with van der Waals surface area (Å²) < 4.78 is 0. The first kappa shape index (κ1) is 10.4. The van der Waals surface area contributed by atoms with Crippen molar-refractivity contribution in [3.05, 3.63) is 0 Å². The van der Waals surface area contributed by atoms with Gasteiger partial charge in [-0.3, -0.25) is 10.1 Å². The zero-order valence-corrected chi connectivity index (χ0v) is 6.87. The van der Waals surface area contributed by atoms with Crippen molar-refractivity contribution < 1.29 is 15.0 Å². The normalized spacial score (nSPS) is 15.9. The standard InChI is InChI=1S/C7H15NO3/c1-3-6(4-9)8-5(2)7(10)11/h5-6,8-9H,3-4H2,1-2H3,(H,10,11)/t5-,6+/m0/s1. The fourth-order valence-corrected chi connectivity index (χ4v) is 0.724. The lowest BCUT2D eigenvalue weighted by molar-refractivity contribution is -0.139. The number of hydrogen-bond donors (Lipinski definition) is 3. The lowest BCUT2D eigenvalue weighted by atomic mass is 10.2. The van der Waals surface area contributed by atoms with Gasteiger partial charge in [0.25, 0.3) is 0 Å². The van der Waals surface area contributed by atoms with Crippen molar-refractivity contribution in [1.82, 2.24) is 5.32 Å². The fraction of sp³-hybridized carbons (Fsp3) is 0.857. The summed E-state index contributed by atoms with van der Waals surface area (Å²) in [6.07, 6.45) is 0.730. The number of rotatable bonds is 5. The SMILES string of the molecule is CC[C@H](CO)N[C@@H](C)C(=O)O. The summed E-state index contributed by atoms with van der Waals surface area (Å²) in [4.78, 5) is 10.3. The van der Waals surface area contributed by atoms with E-state index in [1.165, 1.54) is 0 Å². The van der Waals surface area contributed by atoms with Gasteiger partial charge in [-0.05, 0) is 13.3 Å². The lowest BCUT2D eigenvalue weighted by Gasteiger charge is -2.16. The Bertz CT molecular complexity index is 123. The third-order valence-corrected chi connectivity index (χ3v) is 1.57. The Morgan fingerprint density at radius 3 is 2.45 bits per heavy atom. The number of carboxylic acids is 1. The minimum atomic E-state index is -0.892. The van der Waals surface area contributed by atoms with Crippen LogP contribution in [0.5, 0.6) is 0 Å². The Balaban J connectivity index is 3.71. The van der Waals surface area contributed by atoms with E-state index >= 15 is 0 Å². The van der Waals surface area contributed by atoms with Crippen LogP contribution in [0, 0.1) is 0 Å². The molecule has 0 spiro atoms. The van der Waals surface area contributed by atoms with Gasteiger partial charge in [0, 0.05) is 6.04 Å². The van der Waals surface area contributed by atoms with E-state index in [-0.39, 0.29) is 12.6 Å². The molecule has 0 aliphatic rings. The highest BCUT2D eigenvalue weighted by atomic mass is 16.4. The molecule has 0 bridgehead atoms. The Morgan fingerprint density at radius 1 is 1.64 bits per heavy atom. The minimum Gasteiger partial charge on any atom is -0.480 e. The molecule has 0 aliphatic heterocycles. The highest BCUT2D eigenvalue weighted by Gasteiger charge is 2.14. The van der Waals surface area contributed by atoms with Gasteiger partial charge in [-0.25, -0.2) is 0 Å². The van der Waals surface area contributed by atoms with Gasteiger partial charge in [-0.1, -0.05) is 6.92 Å². The molecule has 3 N–H and O–H groups in total. The van der Waals surface area contributed by atoms with Crippen molar-refractivity contribution in [2.45, 2.75) is 32.4 Å². The highest BCUT2D eigenvalue weighted by molar-refractivity contribution is 5.72. The van der Waals surface area contributed by atoms with Gasteiger partial charge >= 0.3 is 5.97 Å². The summed E-state index contributed by atoms with van der Waals surface area (Å²) in [6, 6.07) is -0.701. The first-order chi connectivity index (χ1) is 5.11. The minimum absolute atomic E-state index is 0.0197. The number of hydrogen-bond acceptors (Lipinski definition) is 3. The van der Waals surface area contributed by atoms with Gasteiger partial charge in [-0.2, -0.15) is 0 Å². The third kappa shape index (κ3) is 3.95. The Kier molecular flexibility index (Phi) is 4.81. The van der Waals surface area contributed by atoms with Crippen LogP contribution in [0.1, 0.15) is 20.3 Å². The maximum absolute atomic E-state index is 10.3. The van der Waals surface area contributed by atoms with E-state index in [1.807, 2.05) is 6.92 Å². The number of nitrogens with one attached hydrogen (secondary N) is 1. The van der Waals surface area contributed by atoms with Gasteiger partial charge in [0.05, 0.1) is 6.61 Å². The molecule has 0 amide bonds. The number of carboxylic acid groups (broad SMARTS) is 1. The van der Waals surface area contributed by atoms with Crippen molar-refractivity contribution in [2.75, 3.05) is 6.61 Å². The van der Waals surface area contributed by atoms with Crippen LogP contribution in [-0.4, -0.2) is 34.9 Å². The molecule has 0 fully saturated rings. The second-order valence-electron chi connectivity index (χ2n) is 2.51. The van der Waals surface area contributed by atoms with Gasteiger partial charge in [-0.15, -0.1) is 0 Å². The second-order valence-corrected chi connectivity index (χ2v) is 2.51. The quantitative estimate of drug-likeness (QED) is 0.523. The van der Waals surface area contributed by atoms with Gasteiger partial charge in [0.2, 0.25) is 0 Å². The van der Waals surface area contributed by atoms with E-state index in [2.05, 4.69) is 5.32 Å². The van der Waals surface area contributed by atoms with Crippen LogP contribution >= 0.6 is 0 Å². The topological polar surface area (TPSA) is 69.6 Å². The van der Waals surface area contributed by atoms with Gasteiger partial charge in [0.15, 0.2) is 0 Å². The molecule has 0 aromatic rings. The Morgan fingerprint density at radius 2 is 2.18 bits per heavy atom. The number of aliphatic hydroxyl groups excluding tert-OH is 1. The smallest absolute Gasteiger partial charge is 0.320 e. The Labute approximate surface area is 66.2 Å². The molecule has 0 aliphatic carbocycles. The number of aliphatic carboxylic acids is 1. The van der Waals surface area contributed by atoms with E-state index < -0.39 is 12.0 Å². The van der Waals surface area contributed by atoms with E-state index in [4.69, 9.17) is 10.2 Å². The highest BCUT2D eigenvalue weighted by Crippen LogP contribution is 1.92. The summed E-state index contributed by atoms with van der Waals surface area (Å²) in [5.74, 6) is -0.892. The Hall–Kier alpha value is -0.610. The predicted molar refractivity (Wildman–Crippen MR) is 41.4 cm³/mol. The molecule has 0 aromatic heterocycles. The molecular formula is C7H15NO3. The van der Waals surface area contributed by atoms with E-state index in [0.29, 0.717) is 0 Å². The fourth-order valence-electron chi connectivity index (χ4n) is 0.724. The first-order valence-electron chi connectivity index (χ1n) is 3.71. The van der Waals surface area contributed by atoms with Crippen LogP contribution in [0.3, 0.4) is 0 Å². The summed E-state index contributed by atoms with van der Waals surface area (Å²) in [7, 11) is 0. The van der Waals surface area contributed by atoms with E-state index in [1.54, 1.807) is 6.92 Å². The average molecular weight is 161 g/mol. The molecule has 0 heterocycles. The number of aliphatic hydroxyl groups is 1. The summed E-state index contributed by atoms with van der Waals surface area (Å²) >= 11 is 0. The molecule has 0 saturated carbocycles. The molecule has 0 rings (SSSR count). The molecule has 0 radical (unpaired) electrons. The predicted octanol–water partition coefficient (Wildman–Crippen LogP) is -0.180. The van der Waals surface area contributed by atoms with Crippen molar-refractivity contribution in [2.24, 2.45) is 0 Å². The van der Waals surface area contributed by atoms with Gasteiger partial charge < -0.3 is 10.2 Å². The molecule has 11 heavy (non-hydrogen) atoms. The third-order valence-electron chi connectivity index (χ3n) is 1.57. The largest absolute Gasteiger partial charge is 0.480 e. The van der Waals surface area contributed by atoms with E-state index in [0.717, 1.165) is 6.42 Å². The summed E-state index contributed by atoms with van der Waals surface area (Å²) in [6.45, 7) is 3.43. The molecule has 2 atom stereocenters. The molecular weight excluding hydrogens is 146 g/mol. The van der Waals surface area contributed by atoms with E-state index in [9.17, 15) is 4.79 Å². The summed E-state index contributed by atoms with van der Waals surface area (Å²) in [5.41, 5.74) is 0. The molecule has 0 aromatic carbocycles.